The van der Waals surface area contributed by atoms with E-state index in [9.17, 15) is 0 Å². The van der Waals surface area contributed by atoms with Crippen LogP contribution in [-0.4, -0.2) is 22.3 Å². The standard InChI is InChI=1S/C20H31N5.HI/c1-6-18-17(19(7-2)25(5)24-18)14-23-20(21-8-3)22-13-16-12-10-9-11-15(16)4;/h9-12H,6-8,13-14H2,1-5H3,(H2,21,22,23);1H. The number of benzene rings is 1. The second kappa shape index (κ2) is 11.2. The van der Waals surface area contributed by atoms with Crippen molar-refractivity contribution in [2.45, 2.75) is 53.6 Å². The third kappa shape index (κ3) is 5.72. The molecule has 0 amide bonds. The maximum atomic E-state index is 4.74. The van der Waals surface area contributed by atoms with Crippen LogP contribution in [0.4, 0.5) is 0 Å². The molecule has 0 aliphatic rings. The molecule has 0 radical (unpaired) electrons. The van der Waals surface area contributed by atoms with Gasteiger partial charge in [0.25, 0.3) is 0 Å². The van der Waals surface area contributed by atoms with Crippen molar-refractivity contribution in [1.82, 2.24) is 20.4 Å². The first-order chi connectivity index (χ1) is 12.1. The molecule has 0 fully saturated rings. The Bertz CT molecular complexity index is 721. The average Bonchev–Trinajstić information content (AvgIpc) is 2.93. The van der Waals surface area contributed by atoms with Crippen LogP contribution in [0.25, 0.3) is 0 Å². The maximum absolute atomic E-state index is 4.74. The van der Waals surface area contributed by atoms with Crippen molar-refractivity contribution < 1.29 is 0 Å². The molecule has 2 rings (SSSR count). The Morgan fingerprint density at radius 1 is 1.12 bits per heavy atom. The first-order valence-corrected chi connectivity index (χ1v) is 9.20. The molecule has 0 aliphatic heterocycles. The van der Waals surface area contributed by atoms with E-state index in [0.717, 1.165) is 31.9 Å². The molecule has 0 atom stereocenters. The van der Waals surface area contributed by atoms with Crippen LogP contribution in [0, 0.1) is 6.92 Å². The summed E-state index contributed by atoms with van der Waals surface area (Å²) in [5, 5.41) is 11.5. The van der Waals surface area contributed by atoms with E-state index in [1.54, 1.807) is 0 Å². The summed E-state index contributed by atoms with van der Waals surface area (Å²) < 4.78 is 2.01. The summed E-state index contributed by atoms with van der Waals surface area (Å²) in [5.74, 6) is 0.846. The molecule has 0 saturated heterocycles. The number of aryl methyl sites for hydroxylation is 3. The van der Waals surface area contributed by atoms with Crippen LogP contribution in [-0.2, 0) is 33.0 Å². The quantitative estimate of drug-likeness (QED) is 0.369. The van der Waals surface area contributed by atoms with Crippen LogP contribution in [0.1, 0.15) is 48.8 Å². The molecule has 0 spiro atoms. The van der Waals surface area contributed by atoms with Gasteiger partial charge in [0.05, 0.1) is 12.2 Å². The van der Waals surface area contributed by atoms with Crippen LogP contribution < -0.4 is 10.6 Å². The molecule has 2 N–H and O–H groups in total. The molecular weight excluding hydrogens is 437 g/mol. The molecule has 0 bridgehead atoms. The molecule has 144 valence electrons. The molecule has 1 heterocycles. The summed E-state index contributed by atoms with van der Waals surface area (Å²) in [6, 6.07) is 8.39. The Morgan fingerprint density at radius 2 is 1.85 bits per heavy atom. The van der Waals surface area contributed by atoms with Crippen molar-refractivity contribution in [3.8, 4) is 0 Å². The van der Waals surface area contributed by atoms with E-state index < -0.39 is 0 Å². The second-order valence-corrected chi connectivity index (χ2v) is 6.18. The molecule has 1 aromatic carbocycles. The number of aliphatic imine (C=N–C) groups is 1. The summed E-state index contributed by atoms with van der Waals surface area (Å²) in [7, 11) is 2.03. The molecule has 0 aliphatic carbocycles. The van der Waals surface area contributed by atoms with E-state index in [1.807, 2.05) is 11.7 Å². The minimum Gasteiger partial charge on any atom is -0.357 e. The highest BCUT2D eigenvalue weighted by Crippen LogP contribution is 2.15. The van der Waals surface area contributed by atoms with E-state index >= 15 is 0 Å². The van der Waals surface area contributed by atoms with Crippen molar-refractivity contribution in [2.24, 2.45) is 12.0 Å². The van der Waals surface area contributed by atoms with Gasteiger partial charge >= 0.3 is 0 Å². The molecule has 6 heteroatoms. The number of guanidine groups is 1. The molecule has 5 nitrogen and oxygen atoms in total. The lowest BCUT2D eigenvalue weighted by molar-refractivity contribution is 0.702. The van der Waals surface area contributed by atoms with Gasteiger partial charge in [-0.05, 0) is 37.8 Å². The van der Waals surface area contributed by atoms with Crippen LogP contribution in [0.2, 0.25) is 0 Å². The summed E-state index contributed by atoms with van der Waals surface area (Å²) in [6.07, 6.45) is 1.93. The smallest absolute Gasteiger partial charge is 0.191 e. The average molecular weight is 469 g/mol. The first-order valence-electron chi connectivity index (χ1n) is 9.20. The van der Waals surface area contributed by atoms with Crippen molar-refractivity contribution in [2.75, 3.05) is 6.54 Å². The van der Waals surface area contributed by atoms with Gasteiger partial charge in [-0.25, -0.2) is 4.99 Å². The summed E-state index contributed by atoms with van der Waals surface area (Å²) in [6.45, 7) is 10.8. The minimum absolute atomic E-state index is 0. The fourth-order valence-electron chi connectivity index (χ4n) is 3.06. The predicted molar refractivity (Wildman–Crippen MR) is 120 cm³/mol. The predicted octanol–water partition coefficient (Wildman–Crippen LogP) is 3.73. The van der Waals surface area contributed by atoms with Crippen molar-refractivity contribution in [3.63, 3.8) is 0 Å². The molecule has 1 aromatic heterocycles. The van der Waals surface area contributed by atoms with Gasteiger partial charge in [0, 0.05) is 31.4 Å². The first kappa shape index (κ1) is 22.5. The second-order valence-electron chi connectivity index (χ2n) is 6.18. The SMILES string of the molecule is CCNC(=NCc1ccccc1C)NCc1c(CC)nn(C)c1CC.I. The largest absolute Gasteiger partial charge is 0.357 e. The van der Waals surface area contributed by atoms with Gasteiger partial charge in [-0.2, -0.15) is 5.10 Å². The zero-order valence-electron chi connectivity index (χ0n) is 16.6. The highest BCUT2D eigenvalue weighted by molar-refractivity contribution is 14.0. The van der Waals surface area contributed by atoms with E-state index in [4.69, 9.17) is 4.99 Å². The number of rotatable bonds is 7. The molecule has 0 saturated carbocycles. The third-order valence-corrected chi connectivity index (χ3v) is 4.47. The van der Waals surface area contributed by atoms with Crippen molar-refractivity contribution in [1.29, 1.82) is 0 Å². The van der Waals surface area contributed by atoms with Crippen molar-refractivity contribution >= 4 is 29.9 Å². The molecule has 2 aromatic rings. The Labute approximate surface area is 174 Å². The lowest BCUT2D eigenvalue weighted by Gasteiger charge is -2.13. The van der Waals surface area contributed by atoms with E-state index in [0.29, 0.717) is 6.54 Å². The van der Waals surface area contributed by atoms with Gasteiger partial charge in [-0.3, -0.25) is 4.68 Å². The van der Waals surface area contributed by atoms with Crippen LogP contribution in [0.15, 0.2) is 29.3 Å². The summed E-state index contributed by atoms with van der Waals surface area (Å²) >= 11 is 0. The number of nitrogens with one attached hydrogen (secondary N) is 2. The van der Waals surface area contributed by atoms with Gasteiger partial charge < -0.3 is 10.6 Å². The van der Waals surface area contributed by atoms with E-state index in [-0.39, 0.29) is 24.0 Å². The molecule has 26 heavy (non-hydrogen) atoms. The normalized spacial score (nSPS) is 11.2. The molecule has 0 unspecified atom stereocenters. The number of hydrogen-bond acceptors (Lipinski definition) is 2. The number of hydrogen-bond donors (Lipinski definition) is 2. The molecular formula is C20H32IN5. The lowest BCUT2D eigenvalue weighted by atomic mass is 10.1. The Hall–Kier alpha value is -1.57. The van der Waals surface area contributed by atoms with E-state index in [2.05, 4.69) is 67.7 Å². The monoisotopic (exact) mass is 469 g/mol. The maximum Gasteiger partial charge on any atom is 0.191 e. The van der Waals surface area contributed by atoms with Crippen molar-refractivity contribution in [3.05, 3.63) is 52.3 Å². The van der Waals surface area contributed by atoms with E-state index in [1.165, 1.54) is 28.1 Å². The Kier molecular flexibility index (Phi) is 9.69. The summed E-state index contributed by atoms with van der Waals surface area (Å²) in [5.41, 5.74) is 6.29. The summed E-state index contributed by atoms with van der Waals surface area (Å²) in [4.78, 5) is 4.74. The van der Waals surface area contributed by atoms with Gasteiger partial charge in [0.15, 0.2) is 5.96 Å². The number of halogens is 1. The number of nitrogens with zero attached hydrogens (tertiary/aromatic N) is 3. The zero-order valence-corrected chi connectivity index (χ0v) is 18.9. The van der Waals surface area contributed by atoms with Gasteiger partial charge in [0.1, 0.15) is 0 Å². The topological polar surface area (TPSA) is 54.2 Å². The highest BCUT2D eigenvalue weighted by Gasteiger charge is 2.13. The zero-order chi connectivity index (χ0) is 18.2. The van der Waals surface area contributed by atoms with Gasteiger partial charge in [0.2, 0.25) is 0 Å². The van der Waals surface area contributed by atoms with Crippen LogP contribution >= 0.6 is 24.0 Å². The van der Waals surface area contributed by atoms with Crippen LogP contribution in [0.5, 0.6) is 0 Å². The number of aromatic nitrogens is 2. The fourth-order valence-corrected chi connectivity index (χ4v) is 3.06. The minimum atomic E-state index is 0. The highest BCUT2D eigenvalue weighted by atomic mass is 127. The van der Waals surface area contributed by atoms with Gasteiger partial charge in [-0.1, -0.05) is 38.1 Å². The Morgan fingerprint density at radius 3 is 2.46 bits per heavy atom. The van der Waals surface area contributed by atoms with Gasteiger partial charge in [-0.15, -0.1) is 24.0 Å². The third-order valence-electron chi connectivity index (χ3n) is 4.47. The Balaban J connectivity index is 0.00000338. The fraction of sp³-hybridized carbons (Fsp3) is 0.500. The lowest BCUT2D eigenvalue weighted by Crippen LogP contribution is -2.37. The van der Waals surface area contributed by atoms with Crippen LogP contribution in [0.3, 0.4) is 0 Å².